The third-order valence-electron chi connectivity index (χ3n) is 3.77. The Bertz CT molecular complexity index is 672. The first-order valence-corrected chi connectivity index (χ1v) is 7.09. The van der Waals surface area contributed by atoms with Crippen molar-refractivity contribution in [3.05, 3.63) is 63.7 Å². The van der Waals surface area contributed by atoms with Crippen LogP contribution in [0.15, 0.2) is 30.3 Å². The van der Waals surface area contributed by atoms with Crippen molar-refractivity contribution in [1.82, 2.24) is 5.32 Å². The van der Waals surface area contributed by atoms with E-state index >= 15 is 0 Å². The molecule has 0 saturated carbocycles. The Labute approximate surface area is 138 Å². The molecule has 4 heteroatoms. The fourth-order valence-corrected chi connectivity index (χ4v) is 2.64. The molecule has 0 aromatic heterocycles. The van der Waals surface area contributed by atoms with Gasteiger partial charge in [-0.1, -0.05) is 23.8 Å². The average molecular weight is 319 g/mol. The molecule has 0 unspecified atom stereocenters. The minimum atomic E-state index is -0.0841. The van der Waals surface area contributed by atoms with Gasteiger partial charge in [-0.25, -0.2) is 0 Å². The second-order valence-corrected chi connectivity index (χ2v) is 5.63. The number of halogens is 1. The maximum Gasteiger partial charge on any atom is 0.251 e. The summed E-state index contributed by atoms with van der Waals surface area (Å²) in [5.41, 5.74) is 12.8. The molecule has 0 heterocycles. The van der Waals surface area contributed by atoms with Crippen molar-refractivity contribution < 1.29 is 4.79 Å². The van der Waals surface area contributed by atoms with E-state index in [1.54, 1.807) is 12.1 Å². The third-order valence-corrected chi connectivity index (χ3v) is 3.77. The molecule has 0 saturated heterocycles. The molecule has 0 atom stereocenters. The van der Waals surface area contributed by atoms with Crippen molar-refractivity contribution in [2.24, 2.45) is 0 Å². The molecule has 0 radical (unpaired) electrons. The van der Waals surface area contributed by atoms with Crippen LogP contribution < -0.4 is 11.1 Å². The van der Waals surface area contributed by atoms with Gasteiger partial charge < -0.3 is 11.1 Å². The van der Waals surface area contributed by atoms with Gasteiger partial charge in [-0.15, -0.1) is 12.4 Å². The summed E-state index contributed by atoms with van der Waals surface area (Å²) in [6, 6.07) is 9.67. The van der Waals surface area contributed by atoms with Gasteiger partial charge in [0.2, 0.25) is 0 Å². The molecule has 0 bridgehead atoms. The first-order valence-electron chi connectivity index (χ1n) is 7.09. The van der Waals surface area contributed by atoms with Crippen LogP contribution in [0, 0.1) is 27.7 Å². The van der Waals surface area contributed by atoms with Crippen LogP contribution in [0.25, 0.3) is 0 Å². The summed E-state index contributed by atoms with van der Waals surface area (Å²) >= 11 is 0. The number of rotatable bonds is 3. The number of hydrogen-bond acceptors (Lipinski definition) is 2. The summed E-state index contributed by atoms with van der Waals surface area (Å²) in [5, 5.41) is 2.99. The molecule has 22 heavy (non-hydrogen) atoms. The highest BCUT2D eigenvalue weighted by Crippen LogP contribution is 2.17. The minimum Gasteiger partial charge on any atom is -0.399 e. The van der Waals surface area contributed by atoms with E-state index < -0.39 is 0 Å². The van der Waals surface area contributed by atoms with Crippen molar-refractivity contribution >= 4 is 24.0 Å². The van der Waals surface area contributed by atoms with E-state index in [1.165, 1.54) is 22.3 Å². The lowest BCUT2D eigenvalue weighted by atomic mass is 9.99. The van der Waals surface area contributed by atoms with Crippen molar-refractivity contribution in [1.29, 1.82) is 0 Å². The Morgan fingerprint density at radius 3 is 2.18 bits per heavy atom. The molecule has 1 amide bonds. The number of nitrogens with one attached hydrogen (secondary N) is 1. The summed E-state index contributed by atoms with van der Waals surface area (Å²) in [6.07, 6.45) is 0. The van der Waals surface area contributed by atoms with Gasteiger partial charge in [0.15, 0.2) is 0 Å². The molecular weight excluding hydrogens is 296 g/mol. The highest BCUT2D eigenvalue weighted by molar-refractivity contribution is 5.96. The smallest absolute Gasteiger partial charge is 0.251 e. The lowest BCUT2D eigenvalue weighted by Gasteiger charge is -2.13. The summed E-state index contributed by atoms with van der Waals surface area (Å²) in [4.78, 5) is 12.3. The SMILES string of the molecule is Cc1cc(C)c(CNC(=O)c2cc(N)ccc2C)c(C)c1.Cl. The molecule has 0 aliphatic rings. The zero-order valence-electron chi connectivity index (χ0n) is 13.5. The van der Waals surface area contributed by atoms with Crippen molar-refractivity contribution in [2.45, 2.75) is 34.2 Å². The van der Waals surface area contributed by atoms with Crippen molar-refractivity contribution in [3.8, 4) is 0 Å². The number of benzene rings is 2. The summed E-state index contributed by atoms with van der Waals surface area (Å²) in [7, 11) is 0. The van der Waals surface area contributed by atoms with E-state index in [9.17, 15) is 4.79 Å². The first kappa shape index (κ1) is 18.1. The minimum absolute atomic E-state index is 0. The molecule has 118 valence electrons. The van der Waals surface area contributed by atoms with Gasteiger partial charge in [0, 0.05) is 17.8 Å². The molecule has 0 aliphatic heterocycles. The molecule has 2 aromatic rings. The van der Waals surface area contributed by atoms with Crippen LogP contribution in [-0.2, 0) is 6.54 Å². The molecule has 2 rings (SSSR count). The number of hydrogen-bond donors (Lipinski definition) is 2. The number of carbonyl (C=O) groups excluding carboxylic acids is 1. The molecule has 0 aliphatic carbocycles. The molecular formula is C18H23ClN2O. The number of nitrogens with two attached hydrogens (primary N) is 1. The lowest BCUT2D eigenvalue weighted by Crippen LogP contribution is -2.24. The topological polar surface area (TPSA) is 55.1 Å². The first-order chi connectivity index (χ1) is 9.88. The molecule has 0 spiro atoms. The van der Waals surface area contributed by atoms with Crippen LogP contribution in [0.4, 0.5) is 5.69 Å². The standard InChI is InChI=1S/C18H22N2O.ClH/c1-11-7-13(3)17(14(4)8-11)10-20-18(21)16-9-15(19)6-5-12(16)2;/h5-9H,10,19H2,1-4H3,(H,20,21);1H. The summed E-state index contributed by atoms with van der Waals surface area (Å²) < 4.78 is 0. The number of anilines is 1. The van der Waals surface area contributed by atoms with Crippen LogP contribution in [0.5, 0.6) is 0 Å². The average Bonchev–Trinajstić information content (AvgIpc) is 2.40. The van der Waals surface area contributed by atoms with Gasteiger partial charge in [-0.3, -0.25) is 4.79 Å². The van der Waals surface area contributed by atoms with Crippen molar-refractivity contribution in [2.75, 3.05) is 5.73 Å². The van der Waals surface area contributed by atoms with Crippen LogP contribution in [0.2, 0.25) is 0 Å². The number of nitrogen functional groups attached to an aromatic ring is 1. The largest absolute Gasteiger partial charge is 0.399 e. The maximum atomic E-state index is 12.3. The second kappa shape index (κ2) is 7.32. The highest BCUT2D eigenvalue weighted by atomic mass is 35.5. The van der Waals surface area contributed by atoms with E-state index in [1.807, 2.05) is 13.0 Å². The third kappa shape index (κ3) is 4.01. The summed E-state index contributed by atoms with van der Waals surface area (Å²) in [6.45, 7) is 8.68. The van der Waals surface area contributed by atoms with Crippen LogP contribution in [-0.4, -0.2) is 5.91 Å². The van der Waals surface area contributed by atoms with Crippen LogP contribution in [0.1, 0.15) is 38.2 Å². The number of carbonyl (C=O) groups is 1. The van der Waals surface area contributed by atoms with Gasteiger partial charge in [-0.05, 0) is 62.1 Å². The Morgan fingerprint density at radius 1 is 1.00 bits per heavy atom. The summed E-state index contributed by atoms with van der Waals surface area (Å²) in [5.74, 6) is -0.0841. The van der Waals surface area contributed by atoms with Gasteiger partial charge in [0.05, 0.1) is 0 Å². The second-order valence-electron chi connectivity index (χ2n) is 5.63. The van der Waals surface area contributed by atoms with E-state index in [-0.39, 0.29) is 18.3 Å². The van der Waals surface area contributed by atoms with E-state index in [4.69, 9.17) is 5.73 Å². The Morgan fingerprint density at radius 2 is 1.59 bits per heavy atom. The molecule has 2 aromatic carbocycles. The normalized spacial score (nSPS) is 10.0. The predicted octanol–water partition coefficient (Wildman–Crippen LogP) is 3.85. The Hall–Kier alpha value is -2.00. The maximum absolute atomic E-state index is 12.3. The van der Waals surface area contributed by atoms with E-state index in [0.29, 0.717) is 17.8 Å². The number of amides is 1. The molecule has 3 nitrogen and oxygen atoms in total. The van der Waals surface area contributed by atoms with E-state index in [0.717, 1.165) is 5.56 Å². The Kier molecular flexibility index (Phi) is 6.01. The Balaban J connectivity index is 0.00000242. The number of aryl methyl sites for hydroxylation is 4. The lowest BCUT2D eigenvalue weighted by molar-refractivity contribution is 0.0950. The van der Waals surface area contributed by atoms with Gasteiger partial charge >= 0.3 is 0 Å². The highest BCUT2D eigenvalue weighted by Gasteiger charge is 2.11. The van der Waals surface area contributed by atoms with Crippen molar-refractivity contribution in [3.63, 3.8) is 0 Å². The van der Waals surface area contributed by atoms with E-state index in [2.05, 4.69) is 38.2 Å². The zero-order chi connectivity index (χ0) is 15.6. The predicted molar refractivity (Wildman–Crippen MR) is 94.7 cm³/mol. The van der Waals surface area contributed by atoms with Gasteiger partial charge in [-0.2, -0.15) is 0 Å². The molecule has 3 N–H and O–H groups in total. The fourth-order valence-electron chi connectivity index (χ4n) is 2.64. The van der Waals surface area contributed by atoms with Gasteiger partial charge in [0.1, 0.15) is 0 Å². The quantitative estimate of drug-likeness (QED) is 0.844. The fraction of sp³-hybridized carbons (Fsp3) is 0.278. The monoisotopic (exact) mass is 318 g/mol. The van der Waals surface area contributed by atoms with Crippen LogP contribution in [0.3, 0.4) is 0 Å². The van der Waals surface area contributed by atoms with Crippen LogP contribution >= 0.6 is 12.4 Å². The zero-order valence-corrected chi connectivity index (χ0v) is 14.3. The van der Waals surface area contributed by atoms with Gasteiger partial charge in [0.25, 0.3) is 5.91 Å². The molecule has 0 fully saturated rings.